The van der Waals surface area contributed by atoms with Gasteiger partial charge in [-0.25, -0.2) is 13.9 Å². The second-order valence-corrected chi connectivity index (χ2v) is 12.6. The molecule has 9 nitrogen and oxygen atoms in total. The van der Waals surface area contributed by atoms with Crippen molar-refractivity contribution in [3.63, 3.8) is 0 Å². The fraction of sp³-hybridized carbons (Fsp3) is 0.481. The average molecular weight is 564 g/mol. The van der Waals surface area contributed by atoms with Gasteiger partial charge < -0.3 is 14.5 Å². The predicted molar refractivity (Wildman–Crippen MR) is 145 cm³/mol. The number of ketones is 1. The summed E-state index contributed by atoms with van der Waals surface area (Å²) in [6.07, 6.45) is 1.53. The SMILES string of the molecule is COCCN1CCC(C(=O)NO)(S(=O)(=O)c2ccc(N3CCC(C(=O)c4ccc(Cl)cc4)CC3)cc2)CC1. The van der Waals surface area contributed by atoms with Crippen molar-refractivity contribution in [3.8, 4) is 0 Å². The standard InChI is InChI=1S/C27H34ClN3O6S/c1-37-19-18-30-16-12-27(13-17-30,26(33)29-34)38(35,36)24-8-6-23(7-9-24)31-14-10-21(11-15-31)25(32)20-2-4-22(28)5-3-20/h2-9,21,34H,10-19H2,1H3,(H,29,33). The minimum absolute atomic E-state index is 0.0444. The van der Waals surface area contributed by atoms with Gasteiger partial charge in [-0.2, -0.15) is 0 Å². The molecule has 1 amide bonds. The van der Waals surface area contributed by atoms with Gasteiger partial charge in [0.1, 0.15) is 0 Å². The number of halogens is 1. The van der Waals surface area contributed by atoms with Gasteiger partial charge in [0.15, 0.2) is 20.4 Å². The summed E-state index contributed by atoms with van der Waals surface area (Å²) in [6.45, 7) is 3.30. The summed E-state index contributed by atoms with van der Waals surface area (Å²) in [5, 5.41) is 9.99. The third kappa shape index (κ3) is 5.74. The van der Waals surface area contributed by atoms with Gasteiger partial charge >= 0.3 is 0 Å². The topological polar surface area (TPSA) is 116 Å². The number of nitrogens with one attached hydrogen (secondary N) is 1. The second-order valence-electron chi connectivity index (χ2n) is 9.90. The van der Waals surface area contributed by atoms with E-state index < -0.39 is 20.5 Å². The zero-order valence-corrected chi connectivity index (χ0v) is 23.0. The first-order valence-corrected chi connectivity index (χ1v) is 14.6. The van der Waals surface area contributed by atoms with Crippen LogP contribution in [-0.2, 0) is 19.4 Å². The van der Waals surface area contributed by atoms with Gasteiger partial charge in [-0.05, 0) is 74.2 Å². The number of carbonyl (C=O) groups excluding carboxylic acids is 2. The third-order valence-corrected chi connectivity index (χ3v) is 10.6. The Hall–Kier alpha value is -2.50. The van der Waals surface area contributed by atoms with Gasteiger partial charge in [-0.1, -0.05) is 11.6 Å². The Morgan fingerprint density at radius 2 is 1.63 bits per heavy atom. The molecule has 0 saturated carbocycles. The van der Waals surface area contributed by atoms with E-state index in [1.54, 1.807) is 49.0 Å². The van der Waals surface area contributed by atoms with Crippen molar-refractivity contribution in [1.82, 2.24) is 10.4 Å². The third-order valence-electron chi connectivity index (χ3n) is 7.81. The Bertz CT molecular complexity index is 1220. The Morgan fingerprint density at radius 3 is 2.18 bits per heavy atom. The number of sulfone groups is 1. The summed E-state index contributed by atoms with van der Waals surface area (Å²) >= 11 is 5.93. The molecule has 2 fully saturated rings. The van der Waals surface area contributed by atoms with Crippen LogP contribution in [-0.4, -0.2) is 81.4 Å². The van der Waals surface area contributed by atoms with E-state index >= 15 is 0 Å². The van der Waals surface area contributed by atoms with Crippen LogP contribution >= 0.6 is 11.6 Å². The molecule has 2 N–H and O–H groups in total. The number of hydroxylamine groups is 1. The maximum absolute atomic E-state index is 13.7. The number of anilines is 1. The molecule has 2 aliphatic rings. The lowest BCUT2D eigenvalue weighted by atomic mass is 9.88. The number of benzene rings is 2. The first-order chi connectivity index (χ1) is 18.2. The number of methoxy groups -OCH3 is 1. The number of carbonyl (C=O) groups is 2. The first kappa shape index (κ1) is 28.5. The van der Waals surface area contributed by atoms with E-state index in [9.17, 15) is 23.2 Å². The monoisotopic (exact) mass is 563 g/mol. The largest absolute Gasteiger partial charge is 0.383 e. The summed E-state index contributed by atoms with van der Waals surface area (Å²) in [5.74, 6) is -0.859. The lowest BCUT2D eigenvalue weighted by Gasteiger charge is -2.39. The predicted octanol–water partition coefficient (Wildman–Crippen LogP) is 3.20. The molecular weight excluding hydrogens is 530 g/mol. The molecule has 0 unspecified atom stereocenters. The zero-order valence-electron chi connectivity index (χ0n) is 21.4. The Morgan fingerprint density at radius 1 is 1.03 bits per heavy atom. The normalized spacial score (nSPS) is 18.8. The molecule has 2 aromatic carbocycles. The molecule has 206 valence electrons. The van der Waals surface area contributed by atoms with Crippen molar-refractivity contribution >= 4 is 38.8 Å². The highest BCUT2D eigenvalue weighted by Gasteiger charge is 2.52. The minimum atomic E-state index is -4.08. The smallest absolute Gasteiger partial charge is 0.265 e. The number of ether oxygens (including phenoxy) is 1. The van der Waals surface area contributed by atoms with E-state index in [1.807, 2.05) is 4.90 Å². The van der Waals surface area contributed by atoms with Crippen molar-refractivity contribution in [3.05, 3.63) is 59.1 Å². The van der Waals surface area contributed by atoms with Crippen LogP contribution in [0.5, 0.6) is 0 Å². The fourth-order valence-electron chi connectivity index (χ4n) is 5.39. The number of nitrogens with zero attached hydrogens (tertiary/aromatic N) is 2. The molecule has 0 spiro atoms. The maximum Gasteiger partial charge on any atom is 0.265 e. The van der Waals surface area contributed by atoms with E-state index in [4.69, 9.17) is 16.3 Å². The Kier molecular flexibility index (Phi) is 9.10. The Labute approximate surface area is 228 Å². The molecular formula is C27H34ClN3O6S. The lowest BCUT2D eigenvalue weighted by Crippen LogP contribution is -2.58. The summed E-state index contributed by atoms with van der Waals surface area (Å²) in [5.41, 5.74) is 3.11. The number of rotatable bonds is 9. The highest BCUT2D eigenvalue weighted by Crippen LogP contribution is 2.37. The zero-order chi connectivity index (χ0) is 27.3. The van der Waals surface area contributed by atoms with Crippen LogP contribution in [0.3, 0.4) is 0 Å². The highest BCUT2D eigenvalue weighted by molar-refractivity contribution is 7.93. The molecule has 0 bridgehead atoms. The highest BCUT2D eigenvalue weighted by atomic mass is 35.5. The molecule has 11 heteroatoms. The van der Waals surface area contributed by atoms with Crippen LogP contribution in [0.2, 0.25) is 5.02 Å². The van der Waals surface area contributed by atoms with Crippen molar-refractivity contribution in [2.75, 3.05) is 51.3 Å². The lowest BCUT2D eigenvalue weighted by molar-refractivity contribution is -0.133. The summed E-state index contributed by atoms with van der Waals surface area (Å²) in [7, 11) is -2.48. The van der Waals surface area contributed by atoms with Crippen LogP contribution in [0.1, 0.15) is 36.0 Å². The second kappa shape index (κ2) is 12.1. The van der Waals surface area contributed by atoms with Crippen LogP contribution in [0.25, 0.3) is 0 Å². The molecule has 2 saturated heterocycles. The van der Waals surface area contributed by atoms with Crippen molar-refractivity contribution < 1.29 is 28.0 Å². The molecule has 0 aliphatic carbocycles. The number of piperidine rings is 2. The van der Waals surface area contributed by atoms with Gasteiger partial charge in [0.2, 0.25) is 0 Å². The van der Waals surface area contributed by atoms with Gasteiger partial charge in [0.25, 0.3) is 5.91 Å². The molecule has 4 rings (SSSR count). The number of likely N-dealkylation sites (tertiary alicyclic amines) is 1. The maximum atomic E-state index is 13.7. The van der Waals surface area contributed by atoms with Crippen LogP contribution in [0.4, 0.5) is 5.69 Å². The van der Waals surface area contributed by atoms with Crippen LogP contribution in [0, 0.1) is 5.92 Å². The molecule has 2 aromatic rings. The quantitative estimate of drug-likeness (QED) is 0.271. The summed E-state index contributed by atoms with van der Waals surface area (Å²) < 4.78 is 30.8. The van der Waals surface area contributed by atoms with E-state index in [1.165, 1.54) is 12.1 Å². The van der Waals surface area contributed by atoms with E-state index in [2.05, 4.69) is 4.90 Å². The summed E-state index contributed by atoms with van der Waals surface area (Å²) in [6, 6.07) is 13.5. The molecule has 2 heterocycles. The van der Waals surface area contributed by atoms with E-state index in [-0.39, 0.29) is 29.4 Å². The fourth-order valence-corrected chi connectivity index (χ4v) is 7.47. The van der Waals surface area contributed by atoms with Crippen molar-refractivity contribution in [1.29, 1.82) is 0 Å². The summed E-state index contributed by atoms with van der Waals surface area (Å²) in [4.78, 5) is 29.8. The van der Waals surface area contributed by atoms with Gasteiger partial charge in [-0.15, -0.1) is 0 Å². The molecule has 0 aromatic heterocycles. The van der Waals surface area contributed by atoms with Crippen LogP contribution < -0.4 is 10.4 Å². The van der Waals surface area contributed by atoms with Crippen molar-refractivity contribution in [2.24, 2.45) is 5.92 Å². The van der Waals surface area contributed by atoms with Gasteiger partial charge in [0, 0.05) is 62.0 Å². The average Bonchev–Trinajstić information content (AvgIpc) is 2.96. The molecule has 0 radical (unpaired) electrons. The first-order valence-electron chi connectivity index (χ1n) is 12.8. The number of hydrogen-bond donors (Lipinski definition) is 2. The Balaban J connectivity index is 1.43. The van der Waals surface area contributed by atoms with E-state index in [0.717, 1.165) is 5.69 Å². The van der Waals surface area contributed by atoms with Crippen LogP contribution in [0.15, 0.2) is 53.4 Å². The number of amides is 1. The number of hydrogen-bond acceptors (Lipinski definition) is 8. The molecule has 38 heavy (non-hydrogen) atoms. The number of Topliss-reactive ketones (excluding diaryl/α,β-unsaturated/α-hetero) is 1. The van der Waals surface area contributed by atoms with Crippen molar-refractivity contribution in [2.45, 2.75) is 35.3 Å². The molecule has 2 aliphatic heterocycles. The van der Waals surface area contributed by atoms with E-state index in [0.29, 0.717) is 62.8 Å². The van der Waals surface area contributed by atoms with Gasteiger partial charge in [-0.3, -0.25) is 14.8 Å². The molecule has 0 atom stereocenters. The van der Waals surface area contributed by atoms with Gasteiger partial charge in [0.05, 0.1) is 11.5 Å². The minimum Gasteiger partial charge on any atom is -0.383 e.